The maximum absolute atomic E-state index is 12.2. The maximum atomic E-state index is 12.2. The molecule has 0 spiro atoms. The molecule has 1 heterocycles. The van der Waals surface area contributed by atoms with Crippen LogP contribution in [-0.2, 0) is 4.79 Å². The van der Waals surface area contributed by atoms with Gasteiger partial charge in [-0.15, -0.1) is 0 Å². The van der Waals surface area contributed by atoms with Gasteiger partial charge >= 0.3 is 0 Å². The Morgan fingerprint density at radius 2 is 1.70 bits per heavy atom. The first-order chi connectivity index (χ1) is 9.40. The summed E-state index contributed by atoms with van der Waals surface area (Å²) in [7, 11) is 0. The molecule has 0 aromatic rings. The lowest BCUT2D eigenvalue weighted by Crippen LogP contribution is -2.44. The molecule has 0 radical (unpaired) electrons. The number of hydrogen-bond acceptors (Lipinski definition) is 2. The molecule has 0 bridgehead atoms. The van der Waals surface area contributed by atoms with Crippen molar-refractivity contribution < 1.29 is 4.79 Å². The van der Waals surface area contributed by atoms with E-state index in [4.69, 9.17) is 0 Å². The van der Waals surface area contributed by atoms with Crippen LogP contribution < -0.4 is 0 Å². The van der Waals surface area contributed by atoms with Gasteiger partial charge in [0.2, 0.25) is 0 Å². The highest BCUT2D eigenvalue weighted by Gasteiger charge is 2.36. The highest BCUT2D eigenvalue weighted by molar-refractivity contribution is 5.82. The molecule has 20 heavy (non-hydrogen) atoms. The molecule has 2 heteroatoms. The van der Waals surface area contributed by atoms with E-state index in [-0.39, 0.29) is 0 Å². The summed E-state index contributed by atoms with van der Waals surface area (Å²) in [6.07, 6.45) is 8.25. The van der Waals surface area contributed by atoms with Gasteiger partial charge in [-0.25, -0.2) is 0 Å². The quantitative estimate of drug-likeness (QED) is 0.765. The summed E-state index contributed by atoms with van der Waals surface area (Å²) in [4.78, 5) is 14.7. The second kappa shape index (κ2) is 6.17. The molecule has 0 N–H and O–H groups in total. The molecule has 1 aliphatic carbocycles. The summed E-state index contributed by atoms with van der Waals surface area (Å²) in [6, 6.07) is 0. The van der Waals surface area contributed by atoms with Crippen LogP contribution in [0.5, 0.6) is 0 Å². The van der Waals surface area contributed by atoms with E-state index in [9.17, 15) is 4.79 Å². The number of hydrogen-bond donors (Lipinski definition) is 0. The van der Waals surface area contributed by atoms with Crippen molar-refractivity contribution >= 4 is 5.78 Å². The number of likely N-dealkylation sites (tertiary alicyclic amines) is 1. The fourth-order valence-electron chi connectivity index (χ4n) is 4.19. The second-order valence-electron chi connectivity index (χ2n) is 8.04. The van der Waals surface area contributed by atoms with Gasteiger partial charge in [-0.2, -0.15) is 0 Å². The first-order valence-electron chi connectivity index (χ1n) is 8.65. The molecule has 1 atom stereocenters. The predicted molar refractivity (Wildman–Crippen MR) is 84.8 cm³/mol. The first-order valence-corrected chi connectivity index (χ1v) is 8.65. The van der Waals surface area contributed by atoms with Crippen LogP contribution in [0.15, 0.2) is 0 Å². The van der Waals surface area contributed by atoms with E-state index < -0.39 is 0 Å². The fraction of sp³-hybridized carbons (Fsp3) is 0.944. The van der Waals surface area contributed by atoms with Crippen molar-refractivity contribution in [2.75, 3.05) is 19.6 Å². The van der Waals surface area contributed by atoms with Crippen LogP contribution in [0, 0.1) is 16.7 Å². The minimum atomic E-state index is 0.300. The highest BCUT2D eigenvalue weighted by atomic mass is 16.1. The summed E-state index contributed by atoms with van der Waals surface area (Å²) >= 11 is 0. The van der Waals surface area contributed by atoms with Crippen molar-refractivity contribution in [3.05, 3.63) is 0 Å². The fourth-order valence-corrected chi connectivity index (χ4v) is 4.19. The van der Waals surface area contributed by atoms with E-state index in [0.29, 0.717) is 22.5 Å². The molecule has 1 unspecified atom stereocenters. The minimum absolute atomic E-state index is 0.300. The third-order valence-electron chi connectivity index (χ3n) is 6.20. The van der Waals surface area contributed by atoms with E-state index in [2.05, 4.69) is 32.6 Å². The van der Waals surface area contributed by atoms with Gasteiger partial charge in [0, 0.05) is 18.9 Å². The highest BCUT2D eigenvalue weighted by Crippen LogP contribution is 2.40. The minimum Gasteiger partial charge on any atom is -0.303 e. The van der Waals surface area contributed by atoms with Gasteiger partial charge in [0.15, 0.2) is 0 Å². The van der Waals surface area contributed by atoms with Crippen LogP contribution in [0.1, 0.15) is 72.6 Å². The van der Waals surface area contributed by atoms with Crippen LogP contribution in [0.4, 0.5) is 0 Å². The molecule has 2 rings (SSSR count). The molecule has 1 saturated heterocycles. The number of nitrogens with zero attached hydrogens (tertiary/aromatic N) is 1. The molecule has 2 fully saturated rings. The van der Waals surface area contributed by atoms with Gasteiger partial charge < -0.3 is 4.90 Å². The maximum Gasteiger partial charge on any atom is 0.137 e. The normalized spacial score (nSPS) is 30.4. The number of rotatable bonds is 4. The third kappa shape index (κ3) is 3.63. The second-order valence-corrected chi connectivity index (χ2v) is 8.04. The van der Waals surface area contributed by atoms with Crippen molar-refractivity contribution in [1.29, 1.82) is 0 Å². The van der Waals surface area contributed by atoms with E-state index in [1.807, 2.05) is 0 Å². The molecule has 1 aliphatic heterocycles. The van der Waals surface area contributed by atoms with Crippen LogP contribution >= 0.6 is 0 Å². The van der Waals surface area contributed by atoms with E-state index in [1.54, 1.807) is 0 Å². The van der Waals surface area contributed by atoms with Crippen LogP contribution in [0.25, 0.3) is 0 Å². The Hall–Kier alpha value is -0.370. The molecule has 116 valence electrons. The zero-order valence-corrected chi connectivity index (χ0v) is 14.0. The number of carbonyl (C=O) groups excluding carboxylic acids is 1. The van der Waals surface area contributed by atoms with Crippen LogP contribution in [0.2, 0.25) is 0 Å². The number of ketones is 1. The summed E-state index contributed by atoms with van der Waals surface area (Å²) in [5, 5.41) is 0. The Morgan fingerprint density at radius 1 is 1.10 bits per heavy atom. The van der Waals surface area contributed by atoms with Crippen molar-refractivity contribution in [3.63, 3.8) is 0 Å². The van der Waals surface area contributed by atoms with Gasteiger partial charge in [0.25, 0.3) is 0 Å². The first kappa shape index (κ1) is 16.0. The Morgan fingerprint density at radius 3 is 2.25 bits per heavy atom. The van der Waals surface area contributed by atoms with Crippen LogP contribution in [-0.4, -0.2) is 30.3 Å². The van der Waals surface area contributed by atoms with E-state index in [0.717, 1.165) is 25.8 Å². The van der Waals surface area contributed by atoms with Gasteiger partial charge in [0.1, 0.15) is 5.78 Å². The topological polar surface area (TPSA) is 20.3 Å². The van der Waals surface area contributed by atoms with Crippen molar-refractivity contribution in [2.45, 2.75) is 72.6 Å². The number of Topliss-reactive ketones (excluding diaryl/α,β-unsaturated/α-hetero) is 1. The average molecular weight is 279 g/mol. The van der Waals surface area contributed by atoms with Gasteiger partial charge in [0.05, 0.1) is 0 Å². The van der Waals surface area contributed by atoms with Crippen molar-refractivity contribution in [2.24, 2.45) is 16.7 Å². The lowest BCUT2D eigenvalue weighted by Gasteiger charge is -2.43. The monoisotopic (exact) mass is 279 g/mol. The SMILES string of the molecule is CCC1(CC)CCN(CC2CC(C)(C)CCC2=O)CC1. The van der Waals surface area contributed by atoms with Gasteiger partial charge in [-0.05, 0) is 49.6 Å². The van der Waals surface area contributed by atoms with Gasteiger partial charge in [-0.1, -0.05) is 40.5 Å². The summed E-state index contributed by atoms with van der Waals surface area (Å²) < 4.78 is 0. The van der Waals surface area contributed by atoms with Gasteiger partial charge in [-0.3, -0.25) is 4.79 Å². The van der Waals surface area contributed by atoms with Crippen LogP contribution in [0.3, 0.4) is 0 Å². The molecule has 2 aliphatic rings. The summed E-state index contributed by atoms with van der Waals surface area (Å²) in [5.41, 5.74) is 0.956. The lowest BCUT2D eigenvalue weighted by atomic mass is 9.70. The molecule has 0 aromatic heterocycles. The summed E-state index contributed by atoms with van der Waals surface area (Å²) in [5.74, 6) is 0.821. The summed E-state index contributed by atoms with van der Waals surface area (Å²) in [6.45, 7) is 12.7. The molecule has 0 aromatic carbocycles. The lowest BCUT2D eigenvalue weighted by molar-refractivity contribution is -0.128. The Kier molecular flexibility index (Phi) is 4.94. The zero-order chi connectivity index (χ0) is 14.8. The molecular weight excluding hydrogens is 246 g/mol. The molecule has 2 nitrogen and oxygen atoms in total. The van der Waals surface area contributed by atoms with E-state index >= 15 is 0 Å². The number of piperidine rings is 1. The Balaban J connectivity index is 1.87. The molecule has 1 saturated carbocycles. The third-order valence-corrected chi connectivity index (χ3v) is 6.20. The molecule has 0 amide bonds. The largest absolute Gasteiger partial charge is 0.303 e. The standard InChI is InChI=1S/C18H33NO/c1-5-18(6-2)9-11-19(12-10-18)14-15-13-17(3,4)8-7-16(15)20/h15H,5-14H2,1-4H3. The average Bonchev–Trinajstić information content (AvgIpc) is 2.44. The Bertz CT molecular complexity index is 333. The predicted octanol–water partition coefficient (Wildman–Crippen LogP) is 4.28. The molecular formula is C18H33NO. The zero-order valence-electron chi connectivity index (χ0n) is 14.0. The van der Waals surface area contributed by atoms with E-state index in [1.165, 1.54) is 38.8 Å². The van der Waals surface area contributed by atoms with Crippen molar-refractivity contribution in [1.82, 2.24) is 4.90 Å². The number of carbonyl (C=O) groups is 1. The Labute approximate surface area is 125 Å². The smallest absolute Gasteiger partial charge is 0.137 e. The van der Waals surface area contributed by atoms with Crippen molar-refractivity contribution in [3.8, 4) is 0 Å².